The summed E-state index contributed by atoms with van der Waals surface area (Å²) in [4.78, 5) is 266. The molecule has 1 aromatic heterocycles. The summed E-state index contributed by atoms with van der Waals surface area (Å²) >= 11 is 0. The van der Waals surface area contributed by atoms with E-state index in [0.717, 1.165) is 4.90 Å². The molecule has 2 aliphatic heterocycles. The molecule has 3 heterocycles. The van der Waals surface area contributed by atoms with Crippen LogP contribution in [0.25, 0.3) is 10.9 Å². The third-order valence-electron chi connectivity index (χ3n) is 20.5. The fourth-order valence-corrected chi connectivity index (χ4v) is 13.3. The zero-order chi connectivity index (χ0) is 91.0. The maximum atomic E-state index is 14.6. The second-order valence-corrected chi connectivity index (χ2v) is 30.9. The number of rotatable bonds is 51. The average Bonchev–Trinajstić information content (AvgIpc) is 1.70. The molecule has 4 rings (SSSR count). The van der Waals surface area contributed by atoms with Gasteiger partial charge in [-0.1, -0.05) is 80.0 Å². The number of carboxylic acids is 4. The molecule has 0 saturated carbocycles. The molecule has 2 aromatic rings. The van der Waals surface area contributed by atoms with Crippen molar-refractivity contribution < 1.29 is 122 Å². The summed E-state index contributed by atoms with van der Waals surface area (Å²) in [5.41, 5.74) is 23.5. The fraction of sp³-hybridized carbons (Fsp3) is 0.632. The number of guanidine groups is 1. The van der Waals surface area contributed by atoms with Crippen molar-refractivity contribution in [3.05, 3.63) is 36.0 Å². The smallest absolute Gasteiger partial charge is 0.326 e. The van der Waals surface area contributed by atoms with Crippen LogP contribution in [0.4, 0.5) is 0 Å². The van der Waals surface area contributed by atoms with Gasteiger partial charge in [0, 0.05) is 62.4 Å². The lowest BCUT2D eigenvalue weighted by Crippen LogP contribution is -2.62. The van der Waals surface area contributed by atoms with Crippen LogP contribution in [0.5, 0.6) is 0 Å². The van der Waals surface area contributed by atoms with Crippen molar-refractivity contribution in [2.24, 2.45) is 51.6 Å². The van der Waals surface area contributed by atoms with Gasteiger partial charge in [0.2, 0.25) is 88.6 Å². The highest BCUT2D eigenvalue weighted by Crippen LogP contribution is 2.26. The van der Waals surface area contributed by atoms with Gasteiger partial charge >= 0.3 is 23.9 Å². The first kappa shape index (κ1) is 101. The molecule has 0 aliphatic carbocycles. The molecule has 672 valence electrons. The Morgan fingerprint density at radius 2 is 0.926 bits per heavy atom. The summed E-state index contributed by atoms with van der Waals surface area (Å²) in [5.74, 6) is -24.4. The molecule has 15 amide bonds. The van der Waals surface area contributed by atoms with Crippen LogP contribution < -0.4 is 86.7 Å². The SMILES string of the molecule is CC[C@H](C)[C@H](NC(=O)[C@H](C)NC(=O)[C@@H](NC(=O)[C@H](Cc1c[nH]c2ccccc12)NC(=O)[C@@H](N)CCC(=O)O)C(C)C)C(=O)N[C@@H](CCC(=O)O)C(=O)N[C@@H](CO)C(=O)N[C@@H](CC(=O)O)C(=O)N[C@@H](CO)C(=O)N[C@H](C(=O)N[C@@H](CCC(N)=O)C(=O)N1CCC[C@H]1C(=O)N[C@H](C(=O)N1CCC[C@H]1C(=O)N[C@@H](CCCN=C(N)N)C(=O)O)C(C)C)C(C)C. The van der Waals surface area contributed by atoms with E-state index in [0.29, 0.717) is 22.9 Å². The average molecular weight is 1710 g/mol. The van der Waals surface area contributed by atoms with E-state index in [2.05, 4.69) is 68.5 Å². The number of hydrogen-bond acceptors (Lipinski definition) is 23. The van der Waals surface area contributed by atoms with Gasteiger partial charge in [-0.25, -0.2) is 4.79 Å². The van der Waals surface area contributed by atoms with E-state index in [1.807, 2.05) is 5.32 Å². The molecular weight excluding hydrogens is 1590 g/mol. The highest BCUT2D eigenvalue weighted by atomic mass is 16.4. The van der Waals surface area contributed by atoms with Crippen LogP contribution >= 0.6 is 0 Å². The quantitative estimate of drug-likeness (QED) is 0.0166. The van der Waals surface area contributed by atoms with Crippen LogP contribution in [0, 0.1) is 23.7 Å². The van der Waals surface area contributed by atoms with Gasteiger partial charge in [-0.05, 0) is 100 Å². The van der Waals surface area contributed by atoms with Crippen LogP contribution in [-0.4, -0.2) is 287 Å². The number of benzene rings is 1. The van der Waals surface area contributed by atoms with Gasteiger partial charge in [-0.15, -0.1) is 0 Å². The number of fused-ring (bicyclic) bond motifs is 1. The van der Waals surface area contributed by atoms with Gasteiger partial charge in [-0.2, -0.15) is 0 Å². The largest absolute Gasteiger partial charge is 0.481 e. The normalized spacial score (nSPS) is 17.3. The number of aliphatic imine (C=N–C) groups is 1. The van der Waals surface area contributed by atoms with Crippen LogP contribution in [0.1, 0.15) is 158 Å². The zero-order valence-electron chi connectivity index (χ0n) is 69.1. The summed E-state index contributed by atoms with van der Waals surface area (Å²) in [6.45, 7) is 11.1. The van der Waals surface area contributed by atoms with Gasteiger partial charge in [0.1, 0.15) is 84.6 Å². The Hall–Kier alpha value is -12.2. The van der Waals surface area contributed by atoms with E-state index in [-0.39, 0.29) is 77.0 Å². The highest BCUT2D eigenvalue weighted by Gasteiger charge is 2.45. The van der Waals surface area contributed by atoms with Crippen molar-refractivity contribution in [1.82, 2.24) is 78.6 Å². The molecule has 0 bridgehead atoms. The Bertz CT molecular complexity index is 4080. The predicted molar refractivity (Wildman–Crippen MR) is 428 cm³/mol. The molecule has 16 atom stereocenters. The third kappa shape index (κ3) is 31.5. The van der Waals surface area contributed by atoms with Gasteiger partial charge in [0.15, 0.2) is 5.96 Å². The number of amides is 15. The number of carboxylic acid groups (broad SMARTS) is 4. The summed E-state index contributed by atoms with van der Waals surface area (Å²) in [7, 11) is 0. The molecule has 45 heteroatoms. The number of aliphatic hydroxyl groups excluding tert-OH is 2. The maximum Gasteiger partial charge on any atom is 0.326 e. The van der Waals surface area contributed by atoms with Crippen molar-refractivity contribution in [3.8, 4) is 0 Å². The number of nitrogens with two attached hydrogens (primary N) is 4. The van der Waals surface area contributed by atoms with Crippen LogP contribution in [0.3, 0.4) is 0 Å². The number of H-pyrrole nitrogens is 1. The molecule has 2 saturated heterocycles. The Kier molecular flexibility index (Phi) is 40.8. The van der Waals surface area contributed by atoms with Crippen LogP contribution in [-0.2, 0) is 97.5 Å². The number of carbonyl (C=O) groups excluding carboxylic acids is 15. The van der Waals surface area contributed by atoms with Gasteiger partial charge in [0.05, 0.1) is 25.7 Å². The van der Waals surface area contributed by atoms with Crippen molar-refractivity contribution in [1.29, 1.82) is 0 Å². The van der Waals surface area contributed by atoms with E-state index in [9.17, 15) is 122 Å². The number of aliphatic hydroxyl groups is 2. The van der Waals surface area contributed by atoms with Gasteiger partial charge in [-0.3, -0.25) is 91.3 Å². The number of primary amides is 1. The van der Waals surface area contributed by atoms with E-state index in [4.69, 9.17) is 22.9 Å². The van der Waals surface area contributed by atoms with Gasteiger partial charge in [0.25, 0.3) is 0 Å². The van der Waals surface area contributed by atoms with E-state index >= 15 is 0 Å². The Labute approximate surface area is 696 Å². The standard InChI is InChI=1S/C76H118N20O25/c1-10-38(8)60(94-61(106)39(9)83-70(115)57(35(2)3)91-65(110)47(87-62(107)42(77)21-25-54(100)101)30-40-32-82-43-17-12-11-16-41(40)43)72(117)84-44(23-26-55(102)103)63(108)89-49(33-97)66(111)88-48(31-56(104)105)64(109)90-50(34-98)67(112)92-58(36(4)5)71(116)85-45(22-24-53(78)99)73(118)95-28-14-20-52(95)69(114)93-59(37(6)7)74(119)96-29-15-19-51(96)68(113)86-46(75(120)121)18-13-27-81-76(79)80/h11-12,16-17,32,35-39,42,44-52,57-60,82,97-98H,10,13-15,18-31,33-34,77H2,1-9H3,(H2,78,99)(H,83,115)(H,84,117)(H,85,116)(H,86,113)(H,87,107)(H,88,111)(H,89,108)(H,90,109)(H,91,110)(H,92,112)(H,93,114)(H,94,106)(H,100,101)(H,102,103)(H,104,105)(H,120,121)(H4,79,80,81)/t38-,39-,42-,44-,45-,46-,47-,48-,49-,50-,51-,52-,57-,58-,59-,60-/m0/s1. The number of aromatic nitrogens is 1. The number of likely N-dealkylation sites (tertiary alicyclic amines) is 2. The number of aromatic amines is 1. The Morgan fingerprint density at radius 3 is 1.45 bits per heavy atom. The Balaban J connectivity index is 1.46. The summed E-state index contributed by atoms with van der Waals surface area (Å²) in [6.07, 6.45) is -1.89. The first-order valence-corrected chi connectivity index (χ1v) is 39.9. The van der Waals surface area contributed by atoms with Crippen LogP contribution in [0.15, 0.2) is 35.5 Å². The minimum absolute atomic E-state index is 0.0453. The topological polar surface area (TPSA) is 729 Å². The van der Waals surface area contributed by atoms with Crippen molar-refractivity contribution in [3.63, 3.8) is 0 Å². The van der Waals surface area contributed by atoms with Crippen molar-refractivity contribution >= 4 is 129 Å². The van der Waals surface area contributed by atoms with Gasteiger partial charge < -0.3 is 132 Å². The number of nitrogens with one attached hydrogen (secondary N) is 13. The Morgan fingerprint density at radius 1 is 0.471 bits per heavy atom. The first-order valence-electron chi connectivity index (χ1n) is 39.9. The molecule has 27 N–H and O–H groups in total. The van der Waals surface area contributed by atoms with E-state index in [1.54, 1.807) is 65.1 Å². The number of para-hydroxylation sites is 1. The number of carbonyl (C=O) groups is 19. The summed E-state index contributed by atoms with van der Waals surface area (Å²) in [5, 5.41) is 88.9. The number of nitrogens with zero attached hydrogens (tertiary/aromatic N) is 3. The fourth-order valence-electron chi connectivity index (χ4n) is 13.3. The number of aliphatic carboxylic acids is 4. The molecule has 2 fully saturated rings. The molecule has 1 aromatic carbocycles. The lowest BCUT2D eigenvalue weighted by molar-refractivity contribution is -0.146. The maximum absolute atomic E-state index is 14.6. The predicted octanol–water partition coefficient (Wildman–Crippen LogP) is -6.54. The lowest BCUT2D eigenvalue weighted by Gasteiger charge is -2.33. The summed E-state index contributed by atoms with van der Waals surface area (Å²) in [6, 6.07) is -16.6. The summed E-state index contributed by atoms with van der Waals surface area (Å²) < 4.78 is 0. The molecule has 2 aliphatic rings. The minimum Gasteiger partial charge on any atom is -0.481 e. The molecule has 0 radical (unpaired) electrons. The minimum atomic E-state index is -2.20. The molecule has 121 heavy (non-hydrogen) atoms. The zero-order valence-corrected chi connectivity index (χ0v) is 69.1. The van der Waals surface area contributed by atoms with E-state index in [1.165, 1.54) is 32.6 Å². The molecule has 0 spiro atoms. The number of hydrogen-bond donors (Lipinski definition) is 23. The second kappa shape index (κ2) is 48.8. The lowest BCUT2D eigenvalue weighted by atomic mass is 9.97. The molecular formula is C76H118N20O25. The first-order chi connectivity index (χ1) is 56.8. The second-order valence-electron chi connectivity index (χ2n) is 30.9. The third-order valence-corrected chi connectivity index (χ3v) is 20.5. The van der Waals surface area contributed by atoms with Crippen molar-refractivity contribution in [2.45, 2.75) is 249 Å². The van der Waals surface area contributed by atoms with E-state index < -0.39 is 279 Å². The monoisotopic (exact) mass is 1710 g/mol. The molecule has 45 nitrogen and oxygen atoms in total. The molecule has 0 unspecified atom stereocenters. The highest BCUT2D eigenvalue weighted by molar-refractivity contribution is 6.02. The van der Waals surface area contributed by atoms with Crippen LogP contribution in [0.2, 0.25) is 0 Å². The van der Waals surface area contributed by atoms with Crippen molar-refractivity contribution in [2.75, 3.05) is 32.8 Å².